The number of sulfonamides is 1. The Morgan fingerprint density at radius 2 is 1.96 bits per heavy atom. The first kappa shape index (κ1) is 17.8. The molecule has 0 spiro atoms. The van der Waals surface area contributed by atoms with Gasteiger partial charge in [-0.3, -0.25) is 4.72 Å². The molecule has 0 radical (unpaired) electrons. The number of allylic oxidation sites excluding steroid dienone is 2. The molecule has 0 aliphatic heterocycles. The summed E-state index contributed by atoms with van der Waals surface area (Å²) in [6.07, 6.45) is -0.505. The maximum atomic E-state index is 13.0. The topological polar surface area (TPSA) is 90.2 Å². The predicted molar refractivity (Wildman–Crippen MR) is 83.8 cm³/mol. The maximum Gasteiger partial charge on any atom is 0.417 e. The molecule has 3 rings (SSSR count). The van der Waals surface area contributed by atoms with E-state index in [2.05, 4.69) is 4.72 Å². The van der Waals surface area contributed by atoms with Gasteiger partial charge in [0, 0.05) is 18.2 Å². The first-order valence-corrected chi connectivity index (χ1v) is 9.14. The highest BCUT2D eigenvalue weighted by Gasteiger charge is 2.50. The maximum absolute atomic E-state index is 13.0. The number of aliphatic hydroxyl groups is 1. The average Bonchev–Trinajstić information content (AvgIpc) is 3.14. The van der Waals surface area contributed by atoms with E-state index in [0.717, 1.165) is 12.1 Å². The van der Waals surface area contributed by atoms with Gasteiger partial charge < -0.3 is 5.11 Å². The zero-order valence-corrected chi connectivity index (χ0v) is 13.7. The number of nitriles is 1. The Kier molecular flexibility index (Phi) is 4.29. The molecule has 1 saturated carbocycles. The fourth-order valence-electron chi connectivity index (χ4n) is 3.75. The molecule has 9 heteroatoms. The van der Waals surface area contributed by atoms with E-state index in [1.807, 2.05) is 6.08 Å². The highest BCUT2D eigenvalue weighted by molar-refractivity contribution is 7.93. The minimum atomic E-state index is -4.77. The molecular formula is C16H15F3N2O3S. The Morgan fingerprint density at radius 1 is 1.28 bits per heavy atom. The van der Waals surface area contributed by atoms with Crippen LogP contribution in [0.25, 0.3) is 0 Å². The van der Waals surface area contributed by atoms with Crippen LogP contribution in [0.5, 0.6) is 0 Å². The van der Waals surface area contributed by atoms with Crippen LogP contribution in [-0.2, 0) is 16.2 Å². The highest BCUT2D eigenvalue weighted by Crippen LogP contribution is 2.47. The molecule has 0 amide bonds. The number of alkyl halides is 3. The van der Waals surface area contributed by atoms with E-state index in [1.165, 1.54) is 6.07 Å². The standard InChI is InChI=1S/C16H15F3N2O3S/c17-16(18,19)14-6-12(4-3-11(14)7-20)21-25(23,24)15-10-2-1-9(5-10)13(15)8-22/h1-4,6,9-10,13,15,21-22H,5,8H2. The van der Waals surface area contributed by atoms with Crippen molar-refractivity contribution in [3.05, 3.63) is 41.5 Å². The van der Waals surface area contributed by atoms with Gasteiger partial charge >= 0.3 is 6.18 Å². The summed E-state index contributed by atoms with van der Waals surface area (Å²) in [5.41, 5.74) is -2.02. The van der Waals surface area contributed by atoms with E-state index in [4.69, 9.17) is 5.26 Å². The van der Waals surface area contributed by atoms with Gasteiger partial charge in [-0.15, -0.1) is 0 Å². The second kappa shape index (κ2) is 6.04. The van der Waals surface area contributed by atoms with E-state index in [9.17, 15) is 26.7 Å². The second-order valence-corrected chi connectivity index (χ2v) is 8.11. The number of benzene rings is 1. The number of fused-ring (bicyclic) bond motifs is 2. The first-order valence-electron chi connectivity index (χ1n) is 7.59. The zero-order chi connectivity index (χ0) is 18.4. The number of aliphatic hydroxyl groups excluding tert-OH is 1. The normalized spacial score (nSPS) is 28.1. The van der Waals surface area contributed by atoms with Gasteiger partial charge in [0.1, 0.15) is 0 Å². The molecule has 2 bridgehead atoms. The molecule has 0 aromatic heterocycles. The molecule has 25 heavy (non-hydrogen) atoms. The predicted octanol–water partition coefficient (Wildman–Crippen LogP) is 2.50. The third kappa shape index (κ3) is 3.12. The Morgan fingerprint density at radius 3 is 2.56 bits per heavy atom. The van der Waals surface area contributed by atoms with Gasteiger partial charge in [-0.2, -0.15) is 18.4 Å². The Hall–Kier alpha value is -2.05. The number of halogens is 3. The van der Waals surface area contributed by atoms with Crippen molar-refractivity contribution in [1.29, 1.82) is 5.26 Å². The Labute approximate surface area is 142 Å². The number of hydrogen-bond acceptors (Lipinski definition) is 4. The van der Waals surface area contributed by atoms with Crippen molar-refractivity contribution in [3.63, 3.8) is 0 Å². The largest absolute Gasteiger partial charge is 0.417 e. The average molecular weight is 372 g/mol. The van der Waals surface area contributed by atoms with Crippen LogP contribution in [0.4, 0.5) is 18.9 Å². The highest BCUT2D eigenvalue weighted by atomic mass is 32.2. The summed E-state index contributed by atoms with van der Waals surface area (Å²) in [5.74, 6) is -0.781. The molecule has 2 N–H and O–H groups in total. The monoisotopic (exact) mass is 372 g/mol. The van der Waals surface area contributed by atoms with E-state index in [-0.39, 0.29) is 24.1 Å². The molecule has 1 aromatic carbocycles. The van der Waals surface area contributed by atoms with Gasteiger partial charge in [0.15, 0.2) is 0 Å². The third-order valence-electron chi connectivity index (χ3n) is 4.82. The van der Waals surface area contributed by atoms with E-state index >= 15 is 0 Å². The lowest BCUT2D eigenvalue weighted by molar-refractivity contribution is -0.137. The molecular weight excluding hydrogens is 357 g/mol. The second-order valence-electron chi connectivity index (χ2n) is 6.28. The van der Waals surface area contributed by atoms with Crippen LogP contribution in [0.3, 0.4) is 0 Å². The zero-order valence-electron chi connectivity index (χ0n) is 12.9. The van der Waals surface area contributed by atoms with Gasteiger partial charge in [-0.05, 0) is 36.5 Å². The first-order chi connectivity index (χ1) is 11.7. The van der Waals surface area contributed by atoms with Crippen LogP contribution in [-0.4, -0.2) is 25.4 Å². The van der Waals surface area contributed by atoms with Crippen LogP contribution < -0.4 is 4.72 Å². The summed E-state index contributed by atoms with van der Waals surface area (Å²) >= 11 is 0. The summed E-state index contributed by atoms with van der Waals surface area (Å²) in [4.78, 5) is 0. The van der Waals surface area contributed by atoms with Gasteiger partial charge in [0.25, 0.3) is 0 Å². The van der Waals surface area contributed by atoms with Crippen molar-refractivity contribution in [1.82, 2.24) is 0 Å². The van der Waals surface area contributed by atoms with E-state index in [0.29, 0.717) is 12.5 Å². The van der Waals surface area contributed by atoms with Gasteiger partial charge in [0.2, 0.25) is 10.0 Å². The minimum absolute atomic E-state index is 0.0386. The van der Waals surface area contributed by atoms with Crippen LogP contribution >= 0.6 is 0 Å². The summed E-state index contributed by atoms with van der Waals surface area (Å²) in [7, 11) is -4.00. The lowest BCUT2D eigenvalue weighted by Crippen LogP contribution is -2.39. The third-order valence-corrected chi connectivity index (χ3v) is 6.75. The summed E-state index contributed by atoms with van der Waals surface area (Å²) in [6, 6.07) is 4.13. The quantitative estimate of drug-likeness (QED) is 0.795. The number of anilines is 1. The smallest absolute Gasteiger partial charge is 0.396 e. The number of nitrogens with one attached hydrogen (secondary N) is 1. The van der Waals surface area contributed by atoms with Crippen LogP contribution in [0.2, 0.25) is 0 Å². The molecule has 1 fully saturated rings. The fraction of sp³-hybridized carbons (Fsp3) is 0.438. The molecule has 5 nitrogen and oxygen atoms in total. The van der Waals surface area contributed by atoms with Crippen molar-refractivity contribution >= 4 is 15.7 Å². The molecule has 4 atom stereocenters. The molecule has 2 aliphatic carbocycles. The number of hydrogen-bond donors (Lipinski definition) is 2. The Bertz CT molecular complexity index is 858. The Balaban J connectivity index is 1.92. The molecule has 134 valence electrons. The molecule has 0 saturated heterocycles. The molecule has 4 unspecified atom stereocenters. The fourth-order valence-corrected chi connectivity index (χ4v) is 5.75. The summed E-state index contributed by atoms with van der Waals surface area (Å²) in [6.45, 7) is -0.307. The number of rotatable bonds is 4. The lowest BCUT2D eigenvalue weighted by atomic mass is 9.94. The van der Waals surface area contributed by atoms with Crippen LogP contribution in [0.15, 0.2) is 30.4 Å². The van der Waals surface area contributed by atoms with Gasteiger partial charge in [0.05, 0.1) is 22.4 Å². The van der Waals surface area contributed by atoms with Gasteiger partial charge in [-0.1, -0.05) is 12.2 Å². The SMILES string of the molecule is N#Cc1ccc(NS(=O)(=O)C2C3C=CC(C3)C2CO)cc1C(F)(F)F. The van der Waals surface area contributed by atoms with Gasteiger partial charge in [-0.25, -0.2) is 8.42 Å². The molecule has 0 heterocycles. The summed E-state index contributed by atoms with van der Waals surface area (Å²) < 4.78 is 66.6. The molecule has 2 aliphatic rings. The van der Waals surface area contributed by atoms with Crippen molar-refractivity contribution < 1.29 is 26.7 Å². The lowest BCUT2D eigenvalue weighted by Gasteiger charge is -2.26. The minimum Gasteiger partial charge on any atom is -0.396 e. The molecule has 1 aromatic rings. The van der Waals surface area contributed by atoms with Crippen molar-refractivity contribution in [2.24, 2.45) is 17.8 Å². The van der Waals surface area contributed by atoms with Crippen molar-refractivity contribution in [3.8, 4) is 6.07 Å². The van der Waals surface area contributed by atoms with E-state index in [1.54, 1.807) is 6.08 Å². The van der Waals surface area contributed by atoms with E-state index < -0.39 is 38.5 Å². The summed E-state index contributed by atoms with van der Waals surface area (Å²) in [5, 5.41) is 17.4. The van der Waals surface area contributed by atoms with Crippen LogP contribution in [0.1, 0.15) is 17.5 Å². The number of nitrogens with zero attached hydrogens (tertiary/aromatic N) is 1. The van der Waals surface area contributed by atoms with Crippen molar-refractivity contribution in [2.75, 3.05) is 11.3 Å². The van der Waals surface area contributed by atoms with Crippen LogP contribution in [0, 0.1) is 29.1 Å². The van der Waals surface area contributed by atoms with Crippen molar-refractivity contribution in [2.45, 2.75) is 17.8 Å².